The zero-order valence-corrected chi connectivity index (χ0v) is 11.2. The summed E-state index contributed by atoms with van der Waals surface area (Å²) in [4.78, 5) is 12.2. The van der Waals surface area contributed by atoms with E-state index in [-0.39, 0.29) is 17.2 Å². The lowest BCUT2D eigenvalue weighted by atomic mass is 9.92. The molecule has 1 aromatic rings. The van der Waals surface area contributed by atoms with E-state index in [9.17, 15) is 9.90 Å². The SMILES string of the molecule is COc1ccc(C(=O)NC2(C)CCOCC2)cc1O. The average Bonchev–Trinajstić information content (AvgIpc) is 2.39. The summed E-state index contributed by atoms with van der Waals surface area (Å²) in [5.41, 5.74) is 0.177. The van der Waals surface area contributed by atoms with E-state index in [1.54, 1.807) is 12.1 Å². The van der Waals surface area contributed by atoms with Gasteiger partial charge in [-0.25, -0.2) is 0 Å². The molecule has 104 valence electrons. The largest absolute Gasteiger partial charge is 0.504 e. The van der Waals surface area contributed by atoms with Crippen LogP contribution in [0.1, 0.15) is 30.1 Å². The standard InChI is InChI=1S/C14H19NO4/c1-14(5-7-19-8-6-14)15-13(17)10-3-4-12(18-2)11(16)9-10/h3-4,9,16H,5-8H2,1-2H3,(H,15,17). The predicted molar refractivity (Wildman–Crippen MR) is 70.6 cm³/mol. The van der Waals surface area contributed by atoms with E-state index in [4.69, 9.17) is 9.47 Å². The quantitative estimate of drug-likeness (QED) is 0.873. The molecule has 0 spiro atoms. The summed E-state index contributed by atoms with van der Waals surface area (Å²) in [6.45, 7) is 3.33. The van der Waals surface area contributed by atoms with Gasteiger partial charge < -0.3 is 19.9 Å². The average molecular weight is 265 g/mol. The van der Waals surface area contributed by atoms with Crippen molar-refractivity contribution >= 4 is 5.91 Å². The first kappa shape index (κ1) is 13.7. The number of hydrogen-bond acceptors (Lipinski definition) is 4. The van der Waals surface area contributed by atoms with Gasteiger partial charge in [-0.3, -0.25) is 4.79 Å². The molecule has 2 rings (SSSR count). The highest BCUT2D eigenvalue weighted by atomic mass is 16.5. The van der Waals surface area contributed by atoms with Crippen LogP contribution in [0.4, 0.5) is 0 Å². The summed E-state index contributed by atoms with van der Waals surface area (Å²) < 4.78 is 10.2. The first-order valence-corrected chi connectivity index (χ1v) is 6.31. The minimum absolute atomic E-state index is 0.0349. The number of benzene rings is 1. The zero-order chi connectivity index (χ0) is 13.9. The van der Waals surface area contributed by atoms with E-state index in [1.165, 1.54) is 13.2 Å². The molecule has 1 saturated heterocycles. The van der Waals surface area contributed by atoms with Crippen LogP contribution in [0, 0.1) is 0 Å². The van der Waals surface area contributed by atoms with Crippen LogP contribution in [0.25, 0.3) is 0 Å². The highest BCUT2D eigenvalue weighted by molar-refractivity contribution is 5.95. The first-order valence-electron chi connectivity index (χ1n) is 6.31. The third kappa shape index (κ3) is 3.17. The van der Waals surface area contributed by atoms with Crippen LogP contribution in [-0.2, 0) is 4.74 Å². The molecule has 0 saturated carbocycles. The molecule has 0 aliphatic carbocycles. The smallest absolute Gasteiger partial charge is 0.251 e. The van der Waals surface area contributed by atoms with Gasteiger partial charge in [-0.2, -0.15) is 0 Å². The minimum atomic E-state index is -0.245. The molecule has 1 aliphatic rings. The number of amides is 1. The fraction of sp³-hybridized carbons (Fsp3) is 0.500. The summed E-state index contributed by atoms with van der Waals surface area (Å²) in [7, 11) is 1.47. The van der Waals surface area contributed by atoms with Gasteiger partial charge in [0.1, 0.15) is 0 Å². The number of carbonyl (C=O) groups excluding carboxylic acids is 1. The molecule has 5 nitrogen and oxygen atoms in total. The molecule has 1 heterocycles. The number of ether oxygens (including phenoxy) is 2. The highest BCUT2D eigenvalue weighted by Crippen LogP contribution is 2.27. The van der Waals surface area contributed by atoms with Gasteiger partial charge in [0, 0.05) is 24.3 Å². The van der Waals surface area contributed by atoms with Crippen molar-refractivity contribution in [3.8, 4) is 11.5 Å². The molecule has 5 heteroatoms. The van der Waals surface area contributed by atoms with Crippen molar-refractivity contribution in [2.75, 3.05) is 20.3 Å². The van der Waals surface area contributed by atoms with E-state index < -0.39 is 0 Å². The van der Waals surface area contributed by atoms with E-state index in [2.05, 4.69) is 5.32 Å². The molecule has 0 bridgehead atoms. The molecular formula is C14H19NO4. The third-order valence-electron chi connectivity index (χ3n) is 3.45. The molecule has 0 unspecified atom stereocenters. The van der Waals surface area contributed by atoms with Gasteiger partial charge in [0.25, 0.3) is 5.91 Å². The van der Waals surface area contributed by atoms with Crippen LogP contribution in [-0.4, -0.2) is 36.9 Å². The Morgan fingerprint density at radius 3 is 2.68 bits per heavy atom. The van der Waals surface area contributed by atoms with E-state index in [0.29, 0.717) is 24.5 Å². The molecule has 19 heavy (non-hydrogen) atoms. The zero-order valence-electron chi connectivity index (χ0n) is 11.2. The van der Waals surface area contributed by atoms with Crippen molar-refractivity contribution in [2.24, 2.45) is 0 Å². The normalized spacial score (nSPS) is 17.8. The Hall–Kier alpha value is -1.75. The lowest BCUT2D eigenvalue weighted by molar-refractivity contribution is 0.0422. The lowest BCUT2D eigenvalue weighted by Gasteiger charge is -2.34. The van der Waals surface area contributed by atoms with Gasteiger partial charge in [0.2, 0.25) is 0 Å². The van der Waals surface area contributed by atoms with Crippen LogP contribution in [0.5, 0.6) is 11.5 Å². The maximum atomic E-state index is 12.2. The van der Waals surface area contributed by atoms with Gasteiger partial charge in [0.05, 0.1) is 7.11 Å². The molecule has 0 aromatic heterocycles. The van der Waals surface area contributed by atoms with Gasteiger partial charge >= 0.3 is 0 Å². The van der Waals surface area contributed by atoms with Crippen molar-refractivity contribution < 1.29 is 19.4 Å². The Bertz CT molecular complexity index is 467. The number of phenols is 1. The van der Waals surface area contributed by atoms with Crippen molar-refractivity contribution in [1.82, 2.24) is 5.32 Å². The van der Waals surface area contributed by atoms with Crippen molar-refractivity contribution in [3.05, 3.63) is 23.8 Å². The Labute approximate surface area is 112 Å². The van der Waals surface area contributed by atoms with Gasteiger partial charge in [-0.15, -0.1) is 0 Å². The molecule has 1 aromatic carbocycles. The minimum Gasteiger partial charge on any atom is -0.504 e. The number of hydrogen-bond donors (Lipinski definition) is 2. The number of methoxy groups -OCH3 is 1. The number of phenolic OH excluding ortho intramolecular Hbond substituents is 1. The van der Waals surface area contributed by atoms with Crippen LogP contribution in [0.2, 0.25) is 0 Å². The predicted octanol–water partition coefficient (Wildman–Crippen LogP) is 1.70. The van der Waals surface area contributed by atoms with Gasteiger partial charge in [-0.1, -0.05) is 0 Å². The molecule has 0 atom stereocenters. The lowest BCUT2D eigenvalue weighted by Crippen LogP contribution is -2.49. The fourth-order valence-electron chi connectivity index (χ4n) is 2.12. The summed E-state index contributed by atoms with van der Waals surface area (Å²) in [5.74, 6) is 0.128. The number of nitrogens with one attached hydrogen (secondary N) is 1. The van der Waals surface area contributed by atoms with Crippen molar-refractivity contribution in [1.29, 1.82) is 0 Å². The topological polar surface area (TPSA) is 67.8 Å². The van der Waals surface area contributed by atoms with Crippen molar-refractivity contribution in [2.45, 2.75) is 25.3 Å². The summed E-state index contributed by atoms with van der Waals surface area (Å²) in [6, 6.07) is 4.63. The third-order valence-corrected chi connectivity index (χ3v) is 3.45. The van der Waals surface area contributed by atoms with Gasteiger partial charge in [0.15, 0.2) is 11.5 Å². The highest BCUT2D eigenvalue weighted by Gasteiger charge is 2.29. The van der Waals surface area contributed by atoms with Crippen molar-refractivity contribution in [3.63, 3.8) is 0 Å². The van der Waals surface area contributed by atoms with Gasteiger partial charge in [-0.05, 0) is 38.0 Å². The van der Waals surface area contributed by atoms with E-state index >= 15 is 0 Å². The van der Waals surface area contributed by atoms with Crippen LogP contribution >= 0.6 is 0 Å². The fourth-order valence-corrected chi connectivity index (χ4v) is 2.12. The molecule has 1 amide bonds. The second kappa shape index (κ2) is 5.48. The van der Waals surface area contributed by atoms with E-state index in [1.807, 2.05) is 6.92 Å². The summed E-state index contributed by atoms with van der Waals surface area (Å²) in [5, 5.41) is 12.7. The Kier molecular flexibility index (Phi) is 3.95. The maximum Gasteiger partial charge on any atom is 0.251 e. The molecular weight excluding hydrogens is 246 g/mol. The Balaban J connectivity index is 2.09. The molecule has 1 fully saturated rings. The molecule has 2 N–H and O–H groups in total. The van der Waals surface area contributed by atoms with E-state index in [0.717, 1.165) is 12.8 Å². The summed E-state index contributed by atoms with van der Waals surface area (Å²) in [6.07, 6.45) is 1.59. The van der Waals surface area contributed by atoms with Crippen LogP contribution in [0.3, 0.4) is 0 Å². The molecule has 1 aliphatic heterocycles. The second-order valence-electron chi connectivity index (χ2n) is 5.01. The first-order chi connectivity index (χ1) is 9.04. The number of carbonyl (C=O) groups is 1. The second-order valence-corrected chi connectivity index (χ2v) is 5.01. The number of rotatable bonds is 3. The Morgan fingerprint density at radius 1 is 1.42 bits per heavy atom. The Morgan fingerprint density at radius 2 is 2.11 bits per heavy atom. The van der Waals surface area contributed by atoms with Crippen LogP contribution in [0.15, 0.2) is 18.2 Å². The number of aromatic hydroxyl groups is 1. The molecule has 0 radical (unpaired) electrons. The summed E-state index contributed by atoms with van der Waals surface area (Å²) >= 11 is 0. The monoisotopic (exact) mass is 265 g/mol. The van der Waals surface area contributed by atoms with Crippen LogP contribution < -0.4 is 10.1 Å². The maximum absolute atomic E-state index is 12.2.